The van der Waals surface area contributed by atoms with E-state index in [4.69, 9.17) is 4.99 Å². The molecule has 35 heavy (non-hydrogen) atoms. The summed E-state index contributed by atoms with van der Waals surface area (Å²) in [6.45, 7) is 5.43. The number of amidine groups is 1. The summed E-state index contributed by atoms with van der Waals surface area (Å²) >= 11 is 0. The zero-order valence-corrected chi connectivity index (χ0v) is 20.2. The van der Waals surface area contributed by atoms with Gasteiger partial charge in [0.15, 0.2) is 0 Å². The Morgan fingerprint density at radius 1 is 1.26 bits per heavy atom. The Labute approximate surface area is 205 Å². The molecule has 2 aliphatic heterocycles. The van der Waals surface area contributed by atoms with Gasteiger partial charge in [0.05, 0.1) is 21.8 Å². The van der Waals surface area contributed by atoms with E-state index in [0.717, 1.165) is 18.2 Å². The van der Waals surface area contributed by atoms with Crippen LogP contribution in [0.1, 0.15) is 49.4 Å². The quantitative estimate of drug-likeness (QED) is 0.293. The Hall–Kier alpha value is -3.05. The number of nitrogens with one attached hydrogen (secondary N) is 1. The van der Waals surface area contributed by atoms with Gasteiger partial charge in [0.25, 0.3) is 5.84 Å². The van der Waals surface area contributed by atoms with Crippen molar-refractivity contribution in [3.05, 3.63) is 68.5 Å². The SMILES string of the molecule is CCCc1ccc(C(F)(F)F)cc1C1=NC(C)C2N(C)NC(C)=[N+]2c2ccc([N+](=O)[O-])c(F)c21.[Cl-]. The summed E-state index contributed by atoms with van der Waals surface area (Å²) in [4.78, 5) is 15.4. The van der Waals surface area contributed by atoms with Crippen molar-refractivity contribution in [2.24, 2.45) is 4.99 Å². The van der Waals surface area contributed by atoms with Crippen LogP contribution in [-0.2, 0) is 12.6 Å². The van der Waals surface area contributed by atoms with Crippen LogP contribution in [0.15, 0.2) is 35.3 Å². The Bertz CT molecular complexity index is 1250. The summed E-state index contributed by atoms with van der Waals surface area (Å²) in [5.41, 5.74) is 2.25. The van der Waals surface area contributed by atoms with Crippen molar-refractivity contribution in [3.63, 3.8) is 0 Å². The minimum atomic E-state index is -4.62. The molecule has 2 heterocycles. The van der Waals surface area contributed by atoms with Crippen LogP contribution in [0, 0.1) is 15.9 Å². The van der Waals surface area contributed by atoms with Crippen LogP contribution in [0.25, 0.3) is 0 Å². The molecule has 188 valence electrons. The van der Waals surface area contributed by atoms with Gasteiger partial charge in [-0.15, -0.1) is 5.01 Å². The maximum Gasteiger partial charge on any atom is 0.416 e. The number of nitro benzene ring substituents is 1. The summed E-state index contributed by atoms with van der Waals surface area (Å²) in [6.07, 6.45) is -3.96. The molecule has 12 heteroatoms. The lowest BCUT2D eigenvalue weighted by atomic mass is 9.91. The van der Waals surface area contributed by atoms with Gasteiger partial charge in [0.1, 0.15) is 11.7 Å². The molecule has 2 aliphatic rings. The lowest BCUT2D eigenvalue weighted by Gasteiger charge is -2.19. The number of aryl methyl sites for hydroxylation is 1. The number of rotatable bonds is 4. The van der Waals surface area contributed by atoms with Crippen LogP contribution in [0.4, 0.5) is 28.9 Å². The first-order valence-corrected chi connectivity index (χ1v) is 10.8. The number of likely N-dealkylation sites (N-methyl/N-ethyl adjacent to an activating group) is 1. The van der Waals surface area contributed by atoms with Crippen LogP contribution in [0.3, 0.4) is 0 Å². The van der Waals surface area contributed by atoms with Gasteiger partial charge in [0, 0.05) is 25.6 Å². The summed E-state index contributed by atoms with van der Waals surface area (Å²) in [5.74, 6) is -0.487. The Balaban J connectivity index is 0.00000342. The molecule has 2 atom stereocenters. The Morgan fingerprint density at radius 2 is 1.94 bits per heavy atom. The molecule has 0 bridgehead atoms. The van der Waals surface area contributed by atoms with Gasteiger partial charge >= 0.3 is 11.9 Å². The zero-order chi connectivity index (χ0) is 24.9. The lowest BCUT2D eigenvalue weighted by molar-refractivity contribution is -0.501. The van der Waals surface area contributed by atoms with E-state index in [9.17, 15) is 23.3 Å². The van der Waals surface area contributed by atoms with E-state index in [1.165, 1.54) is 12.1 Å². The van der Waals surface area contributed by atoms with Crippen LogP contribution in [0.5, 0.6) is 0 Å². The number of aliphatic imine (C=N–C) groups is 1. The van der Waals surface area contributed by atoms with Crippen LogP contribution in [0.2, 0.25) is 0 Å². The van der Waals surface area contributed by atoms with Crippen molar-refractivity contribution in [2.45, 2.75) is 52.0 Å². The molecule has 0 saturated heterocycles. The first-order valence-electron chi connectivity index (χ1n) is 10.8. The number of fused-ring (bicyclic) bond motifs is 3. The summed E-state index contributed by atoms with van der Waals surface area (Å²) in [7, 11) is 1.78. The van der Waals surface area contributed by atoms with Crippen LogP contribution >= 0.6 is 0 Å². The molecule has 0 amide bonds. The second kappa shape index (κ2) is 9.54. The fourth-order valence-corrected chi connectivity index (χ4v) is 4.73. The average Bonchev–Trinajstić information content (AvgIpc) is 2.96. The van der Waals surface area contributed by atoms with E-state index in [-0.39, 0.29) is 29.2 Å². The molecule has 0 fully saturated rings. The minimum Gasteiger partial charge on any atom is -1.00 e. The fraction of sp³-hybridized carbons (Fsp3) is 0.391. The van der Waals surface area contributed by atoms with E-state index >= 15 is 4.39 Å². The van der Waals surface area contributed by atoms with E-state index < -0.39 is 40.4 Å². The molecule has 2 unspecified atom stereocenters. The van der Waals surface area contributed by atoms with Crippen molar-refractivity contribution in [2.75, 3.05) is 7.05 Å². The van der Waals surface area contributed by atoms with Gasteiger partial charge in [0.2, 0.25) is 12.0 Å². The molecule has 0 radical (unpaired) electrons. The number of halogens is 5. The van der Waals surface area contributed by atoms with Crippen molar-refractivity contribution in [1.82, 2.24) is 10.4 Å². The molecule has 0 spiro atoms. The molecular weight excluding hydrogens is 490 g/mol. The predicted octanol–water partition coefficient (Wildman–Crippen LogP) is 1.79. The highest BCUT2D eigenvalue weighted by Crippen LogP contribution is 2.39. The molecule has 1 N–H and O–H groups in total. The van der Waals surface area contributed by atoms with E-state index in [0.29, 0.717) is 29.9 Å². The van der Waals surface area contributed by atoms with Gasteiger partial charge in [-0.3, -0.25) is 15.1 Å². The lowest BCUT2D eigenvalue weighted by Crippen LogP contribution is -3.00. The van der Waals surface area contributed by atoms with E-state index in [2.05, 4.69) is 5.43 Å². The maximum atomic E-state index is 15.8. The highest BCUT2D eigenvalue weighted by atomic mass is 35.5. The monoisotopic (exact) mass is 513 g/mol. The first kappa shape index (κ1) is 26.6. The third kappa shape index (κ3) is 4.50. The van der Waals surface area contributed by atoms with Crippen LogP contribution < -0.4 is 17.8 Å². The normalized spacial score (nSPS) is 19.8. The number of hydrazine groups is 1. The Morgan fingerprint density at radius 3 is 2.54 bits per heavy atom. The maximum absolute atomic E-state index is 15.8. The molecule has 7 nitrogen and oxygen atoms in total. The number of nitrogens with zero attached hydrogens (tertiary/aromatic N) is 4. The summed E-state index contributed by atoms with van der Waals surface area (Å²) in [5, 5.41) is 13.3. The molecule has 0 aromatic heterocycles. The summed E-state index contributed by atoms with van der Waals surface area (Å²) in [6, 6.07) is 5.32. The second-order valence-electron chi connectivity index (χ2n) is 8.48. The van der Waals surface area contributed by atoms with Crippen molar-refractivity contribution in [1.29, 1.82) is 0 Å². The Kier molecular flexibility index (Phi) is 7.24. The van der Waals surface area contributed by atoms with Crippen molar-refractivity contribution >= 4 is 22.9 Å². The van der Waals surface area contributed by atoms with Gasteiger partial charge in [-0.25, -0.2) is 4.58 Å². The number of benzene rings is 2. The third-order valence-corrected chi connectivity index (χ3v) is 6.13. The molecule has 4 rings (SSSR count). The van der Waals surface area contributed by atoms with Crippen molar-refractivity contribution in [3.8, 4) is 0 Å². The standard InChI is InChI=1S/C23H23F4N5O2.ClH/c1-5-6-14-7-8-15(23(25,26)27)11-16(14)21-19-17(9-10-18(20(19)24)32(33)34)31-13(3)29-30(4)22(31)12(2)28-21;/h7-12,22H,5-6H2,1-4H3;1H. The fourth-order valence-electron chi connectivity index (χ4n) is 4.73. The molecule has 0 aliphatic carbocycles. The first-order chi connectivity index (χ1) is 16.0. The highest BCUT2D eigenvalue weighted by Gasteiger charge is 2.45. The predicted molar refractivity (Wildman–Crippen MR) is 119 cm³/mol. The largest absolute Gasteiger partial charge is 1.00 e. The van der Waals surface area contributed by atoms with Crippen LogP contribution in [-0.4, -0.2) is 45.3 Å². The highest BCUT2D eigenvalue weighted by molar-refractivity contribution is 6.17. The molecule has 0 saturated carbocycles. The molecule has 2 aromatic carbocycles. The topological polar surface area (TPSA) is 73.8 Å². The zero-order valence-electron chi connectivity index (χ0n) is 19.5. The van der Waals surface area contributed by atoms with E-state index in [1.807, 2.05) is 6.92 Å². The summed E-state index contributed by atoms with van der Waals surface area (Å²) < 4.78 is 58.4. The van der Waals surface area contributed by atoms with Gasteiger partial charge < -0.3 is 12.4 Å². The molecule has 2 aromatic rings. The smallest absolute Gasteiger partial charge is 0.416 e. The average molecular weight is 514 g/mol. The van der Waals surface area contributed by atoms with Crippen molar-refractivity contribution < 1.29 is 39.5 Å². The van der Waals surface area contributed by atoms with Gasteiger partial charge in [-0.2, -0.15) is 23.0 Å². The number of nitro groups is 1. The molecular formula is C23H24ClF4N5O2. The number of hydrogen-bond acceptors (Lipinski definition) is 5. The number of hydrogen-bond donors (Lipinski definition) is 1. The third-order valence-electron chi connectivity index (χ3n) is 6.13. The van der Waals surface area contributed by atoms with Gasteiger partial charge in [-0.1, -0.05) is 19.4 Å². The van der Waals surface area contributed by atoms with E-state index in [1.54, 1.807) is 30.5 Å². The van der Waals surface area contributed by atoms with Gasteiger partial charge in [-0.05, 0) is 37.1 Å². The minimum absolute atomic E-state index is 0. The number of alkyl halides is 3. The second-order valence-corrected chi connectivity index (χ2v) is 8.48.